The summed E-state index contributed by atoms with van der Waals surface area (Å²) in [5.74, 6) is -0.211. The lowest BCUT2D eigenvalue weighted by molar-refractivity contribution is 0.0949. The van der Waals surface area contributed by atoms with E-state index in [4.69, 9.17) is 0 Å². The molecule has 108 valence electrons. The third-order valence-electron chi connectivity index (χ3n) is 2.71. The number of aryl methyl sites for hydroxylation is 2. The highest BCUT2D eigenvalue weighted by Gasteiger charge is 2.13. The molecule has 0 bridgehead atoms. The lowest BCUT2D eigenvalue weighted by Crippen LogP contribution is -2.23. The fraction of sp³-hybridized carbons (Fsp3) is 0.500. The summed E-state index contributed by atoms with van der Waals surface area (Å²) < 4.78 is 1.76. The normalized spacial score (nSPS) is 10.6. The Morgan fingerprint density at radius 3 is 2.90 bits per heavy atom. The summed E-state index contributed by atoms with van der Waals surface area (Å²) in [5.41, 5.74) is 2.03. The molecule has 7 nitrogen and oxygen atoms in total. The van der Waals surface area contributed by atoms with Crippen LogP contribution in [0.3, 0.4) is 0 Å². The molecule has 0 aliphatic carbocycles. The maximum absolute atomic E-state index is 12.0. The molecule has 2 heterocycles. The van der Waals surface area contributed by atoms with Crippen LogP contribution in [0.25, 0.3) is 0 Å². The van der Waals surface area contributed by atoms with E-state index in [1.165, 1.54) is 11.3 Å². The molecule has 8 heteroatoms. The van der Waals surface area contributed by atoms with Gasteiger partial charge in [-0.05, 0) is 13.3 Å². The molecule has 2 aromatic rings. The first kappa shape index (κ1) is 14.4. The van der Waals surface area contributed by atoms with Crippen molar-refractivity contribution in [1.82, 2.24) is 25.3 Å². The summed E-state index contributed by atoms with van der Waals surface area (Å²) in [5, 5.41) is 19.0. The summed E-state index contributed by atoms with van der Waals surface area (Å²) in [6.07, 6.45) is 2.76. The van der Waals surface area contributed by atoms with E-state index in [1.807, 2.05) is 27.1 Å². The zero-order valence-electron chi connectivity index (χ0n) is 11.8. The molecule has 0 aromatic carbocycles. The van der Waals surface area contributed by atoms with Crippen LogP contribution < -0.4 is 10.6 Å². The van der Waals surface area contributed by atoms with E-state index in [2.05, 4.69) is 25.9 Å². The van der Waals surface area contributed by atoms with Gasteiger partial charge in [0.1, 0.15) is 0 Å². The summed E-state index contributed by atoms with van der Waals surface area (Å²) in [6.45, 7) is 5.22. The topological polar surface area (TPSA) is 84.7 Å². The average molecular weight is 294 g/mol. The smallest absolute Gasteiger partial charge is 0.282 e. The molecule has 0 saturated heterocycles. The number of carbonyl (C=O) groups excluding carboxylic acids is 1. The van der Waals surface area contributed by atoms with Crippen molar-refractivity contribution in [2.45, 2.75) is 26.8 Å². The second-order valence-corrected chi connectivity index (χ2v) is 5.23. The number of amides is 1. The average Bonchev–Trinajstić information content (AvgIpc) is 3.03. The van der Waals surface area contributed by atoms with Crippen molar-refractivity contribution in [3.63, 3.8) is 0 Å². The van der Waals surface area contributed by atoms with Gasteiger partial charge in [-0.25, -0.2) is 0 Å². The van der Waals surface area contributed by atoms with Crippen LogP contribution in [0, 0.1) is 0 Å². The van der Waals surface area contributed by atoms with Crippen molar-refractivity contribution >= 4 is 22.4 Å². The van der Waals surface area contributed by atoms with Crippen molar-refractivity contribution in [2.24, 2.45) is 7.05 Å². The Balaban J connectivity index is 1.97. The van der Waals surface area contributed by atoms with Gasteiger partial charge in [-0.3, -0.25) is 9.48 Å². The Labute approximate surface area is 121 Å². The molecule has 0 unspecified atom stereocenters. The van der Waals surface area contributed by atoms with Crippen LogP contribution >= 0.6 is 11.3 Å². The van der Waals surface area contributed by atoms with Crippen molar-refractivity contribution in [3.05, 3.63) is 22.5 Å². The van der Waals surface area contributed by atoms with Gasteiger partial charge in [0.25, 0.3) is 5.91 Å². The molecular weight excluding hydrogens is 276 g/mol. The molecule has 1 amide bonds. The Hall–Kier alpha value is -1.96. The van der Waals surface area contributed by atoms with Gasteiger partial charge in [-0.1, -0.05) is 18.3 Å². The SMILES string of the molecule is CCNc1nnc(C(=O)NCc2cn(C)nc2CC)s1. The third-order valence-corrected chi connectivity index (χ3v) is 3.59. The van der Waals surface area contributed by atoms with E-state index in [0.717, 1.165) is 24.2 Å². The first-order chi connectivity index (χ1) is 9.63. The number of rotatable bonds is 6. The number of nitrogens with zero attached hydrogens (tertiary/aromatic N) is 4. The van der Waals surface area contributed by atoms with E-state index < -0.39 is 0 Å². The number of hydrogen-bond acceptors (Lipinski definition) is 6. The van der Waals surface area contributed by atoms with Crippen molar-refractivity contribution in [1.29, 1.82) is 0 Å². The molecule has 0 atom stereocenters. The first-order valence-corrected chi connectivity index (χ1v) is 7.32. The highest BCUT2D eigenvalue weighted by molar-refractivity contribution is 7.17. The van der Waals surface area contributed by atoms with Crippen LogP contribution in [0.1, 0.15) is 34.9 Å². The van der Waals surface area contributed by atoms with E-state index in [1.54, 1.807) is 4.68 Å². The quantitative estimate of drug-likeness (QED) is 0.836. The molecule has 0 radical (unpaired) electrons. The van der Waals surface area contributed by atoms with Crippen molar-refractivity contribution < 1.29 is 4.79 Å². The zero-order chi connectivity index (χ0) is 14.5. The number of aromatic nitrogens is 4. The van der Waals surface area contributed by atoms with Crippen LogP contribution in [0.5, 0.6) is 0 Å². The number of nitrogens with one attached hydrogen (secondary N) is 2. The molecule has 0 spiro atoms. The minimum Gasteiger partial charge on any atom is -0.360 e. The van der Waals surface area contributed by atoms with Crippen LogP contribution in [0.2, 0.25) is 0 Å². The molecule has 0 aliphatic heterocycles. The minimum atomic E-state index is -0.211. The summed E-state index contributed by atoms with van der Waals surface area (Å²) in [7, 11) is 1.87. The van der Waals surface area contributed by atoms with Gasteiger partial charge in [0.2, 0.25) is 10.1 Å². The van der Waals surface area contributed by atoms with E-state index >= 15 is 0 Å². The van der Waals surface area contributed by atoms with Gasteiger partial charge in [0, 0.05) is 31.9 Å². The molecule has 2 aromatic heterocycles. The lowest BCUT2D eigenvalue weighted by atomic mass is 10.2. The molecule has 0 saturated carbocycles. The maximum atomic E-state index is 12.0. The van der Waals surface area contributed by atoms with Gasteiger partial charge in [0.15, 0.2) is 0 Å². The van der Waals surface area contributed by atoms with Gasteiger partial charge < -0.3 is 10.6 Å². The van der Waals surface area contributed by atoms with Crippen LogP contribution in [0.4, 0.5) is 5.13 Å². The highest BCUT2D eigenvalue weighted by Crippen LogP contribution is 2.15. The van der Waals surface area contributed by atoms with Crippen molar-refractivity contribution in [2.75, 3.05) is 11.9 Å². The van der Waals surface area contributed by atoms with Gasteiger partial charge in [-0.2, -0.15) is 5.10 Å². The molecule has 2 N–H and O–H groups in total. The predicted molar refractivity (Wildman–Crippen MR) is 77.8 cm³/mol. The Kier molecular flexibility index (Phi) is 4.67. The Bertz CT molecular complexity index is 591. The van der Waals surface area contributed by atoms with E-state index in [0.29, 0.717) is 16.7 Å². The lowest BCUT2D eigenvalue weighted by Gasteiger charge is -2.01. The Morgan fingerprint density at radius 1 is 1.40 bits per heavy atom. The standard InChI is InChI=1S/C12H18N6OS/c1-4-9-8(7-18(3)17-9)6-14-10(19)11-15-16-12(20-11)13-5-2/h7H,4-6H2,1-3H3,(H,13,16)(H,14,19). The number of hydrogen-bond donors (Lipinski definition) is 2. The first-order valence-electron chi connectivity index (χ1n) is 6.51. The van der Waals surface area contributed by atoms with Gasteiger partial charge in [-0.15, -0.1) is 10.2 Å². The van der Waals surface area contributed by atoms with E-state index in [-0.39, 0.29) is 5.91 Å². The molecule has 0 fully saturated rings. The van der Waals surface area contributed by atoms with Crippen molar-refractivity contribution in [3.8, 4) is 0 Å². The largest absolute Gasteiger partial charge is 0.360 e. The fourth-order valence-corrected chi connectivity index (χ4v) is 2.55. The van der Waals surface area contributed by atoms with Crippen LogP contribution in [-0.2, 0) is 20.0 Å². The summed E-state index contributed by atoms with van der Waals surface area (Å²) >= 11 is 1.25. The second-order valence-electron chi connectivity index (χ2n) is 4.25. The molecule has 2 rings (SSSR count). The third kappa shape index (κ3) is 3.32. The van der Waals surface area contributed by atoms with Crippen LogP contribution in [0.15, 0.2) is 6.20 Å². The fourth-order valence-electron chi connectivity index (χ4n) is 1.82. The molecule has 0 aliphatic rings. The Morgan fingerprint density at radius 2 is 2.20 bits per heavy atom. The predicted octanol–water partition coefficient (Wildman–Crippen LogP) is 1.20. The highest BCUT2D eigenvalue weighted by atomic mass is 32.1. The van der Waals surface area contributed by atoms with E-state index in [9.17, 15) is 4.79 Å². The number of anilines is 1. The minimum absolute atomic E-state index is 0.211. The van der Waals surface area contributed by atoms with Crippen LogP contribution in [-0.4, -0.2) is 32.4 Å². The maximum Gasteiger partial charge on any atom is 0.282 e. The molecule has 20 heavy (non-hydrogen) atoms. The monoisotopic (exact) mass is 294 g/mol. The molecular formula is C12H18N6OS. The van der Waals surface area contributed by atoms with Gasteiger partial charge >= 0.3 is 0 Å². The summed E-state index contributed by atoms with van der Waals surface area (Å²) in [6, 6.07) is 0. The number of carbonyl (C=O) groups is 1. The van der Waals surface area contributed by atoms with Gasteiger partial charge in [0.05, 0.1) is 5.69 Å². The summed E-state index contributed by atoms with van der Waals surface area (Å²) in [4.78, 5) is 12.0. The second kappa shape index (κ2) is 6.47. The zero-order valence-corrected chi connectivity index (χ0v) is 12.6.